The van der Waals surface area contributed by atoms with E-state index in [9.17, 15) is 9.59 Å². The van der Waals surface area contributed by atoms with E-state index in [1.54, 1.807) is 24.3 Å². The van der Waals surface area contributed by atoms with Crippen molar-refractivity contribution >= 4 is 46.8 Å². The lowest BCUT2D eigenvalue weighted by molar-refractivity contribution is -0.116. The van der Waals surface area contributed by atoms with Gasteiger partial charge in [0.25, 0.3) is 0 Å². The third kappa shape index (κ3) is 5.84. The molecule has 30 heavy (non-hydrogen) atoms. The van der Waals surface area contributed by atoms with Crippen molar-refractivity contribution in [3.63, 3.8) is 0 Å². The summed E-state index contributed by atoms with van der Waals surface area (Å²) in [5.74, 6) is 0.750. The molecule has 156 valence electrons. The van der Waals surface area contributed by atoms with Crippen molar-refractivity contribution in [1.29, 1.82) is 0 Å². The quantitative estimate of drug-likeness (QED) is 0.504. The molecule has 9 heteroatoms. The van der Waals surface area contributed by atoms with E-state index in [0.29, 0.717) is 34.1 Å². The Kier molecular flexibility index (Phi) is 7.48. The van der Waals surface area contributed by atoms with E-state index in [4.69, 9.17) is 11.6 Å². The molecule has 3 rings (SSSR count). The Morgan fingerprint density at radius 1 is 1.07 bits per heavy atom. The molecule has 0 atom stereocenters. The Labute approximate surface area is 184 Å². The topological polar surface area (TPSA) is 88.9 Å². The van der Waals surface area contributed by atoms with E-state index in [2.05, 4.69) is 20.8 Å². The largest absolute Gasteiger partial charge is 0.326 e. The first-order valence-corrected chi connectivity index (χ1v) is 10.8. The van der Waals surface area contributed by atoms with Gasteiger partial charge in [-0.3, -0.25) is 19.5 Å². The van der Waals surface area contributed by atoms with E-state index < -0.39 is 0 Å². The maximum absolute atomic E-state index is 12.5. The lowest BCUT2D eigenvalue weighted by Gasteiger charge is -2.09. The van der Waals surface area contributed by atoms with Crippen LogP contribution in [0.3, 0.4) is 0 Å². The van der Waals surface area contributed by atoms with Crippen molar-refractivity contribution < 1.29 is 9.59 Å². The van der Waals surface area contributed by atoms with Gasteiger partial charge in [0.05, 0.1) is 6.42 Å². The maximum Gasteiger partial charge on any atom is 0.231 e. The highest BCUT2D eigenvalue weighted by Crippen LogP contribution is 2.27. The van der Waals surface area contributed by atoms with Crippen molar-refractivity contribution in [2.45, 2.75) is 37.7 Å². The summed E-state index contributed by atoms with van der Waals surface area (Å²) in [5, 5.41) is 15.3. The van der Waals surface area contributed by atoms with Crippen LogP contribution in [0.5, 0.6) is 0 Å². The van der Waals surface area contributed by atoms with E-state index in [-0.39, 0.29) is 18.2 Å². The second-order valence-corrected chi connectivity index (χ2v) is 7.88. The fourth-order valence-electron chi connectivity index (χ4n) is 2.79. The molecule has 1 aromatic heterocycles. The van der Waals surface area contributed by atoms with Gasteiger partial charge >= 0.3 is 0 Å². The Bertz CT molecular complexity index is 1040. The summed E-state index contributed by atoms with van der Waals surface area (Å²) in [4.78, 5) is 23.5. The van der Waals surface area contributed by atoms with Crippen LogP contribution in [0.2, 0.25) is 5.02 Å². The number of halogens is 1. The lowest BCUT2D eigenvalue weighted by Crippen LogP contribution is -2.18. The number of carbonyl (C=O) groups is 2. The van der Waals surface area contributed by atoms with Crippen molar-refractivity contribution in [3.8, 4) is 0 Å². The highest BCUT2D eigenvalue weighted by molar-refractivity contribution is 7.98. The molecule has 1 heterocycles. The number of hydrogen-bond acceptors (Lipinski definition) is 5. The summed E-state index contributed by atoms with van der Waals surface area (Å²) < 4.78 is 1.86. The monoisotopic (exact) mass is 443 g/mol. The van der Waals surface area contributed by atoms with E-state index in [0.717, 1.165) is 11.1 Å². The number of rotatable bonds is 8. The van der Waals surface area contributed by atoms with Crippen LogP contribution in [0.25, 0.3) is 0 Å². The Hall–Kier alpha value is -2.84. The first kappa shape index (κ1) is 21.9. The minimum absolute atomic E-state index is 0.136. The molecule has 0 saturated heterocycles. The van der Waals surface area contributed by atoms with Crippen molar-refractivity contribution in [2.24, 2.45) is 0 Å². The van der Waals surface area contributed by atoms with Gasteiger partial charge in [0.1, 0.15) is 0 Å². The van der Waals surface area contributed by atoms with Gasteiger partial charge in [-0.1, -0.05) is 53.7 Å². The first-order chi connectivity index (χ1) is 14.5. The third-order valence-corrected chi connectivity index (χ3v) is 5.62. The standard InChI is InChI=1S/C21H22ClN5O2S/c1-3-27-20(25-26-21(27)30-13-16-6-4-5-7-18(16)22)24-19(29)12-15-8-10-17(11-9-15)23-14(2)28/h4-11H,3,12-13H2,1-2H3,(H,23,28)(H,24,25,29). The van der Waals surface area contributed by atoms with Crippen LogP contribution in [0.4, 0.5) is 11.6 Å². The molecule has 7 nitrogen and oxygen atoms in total. The molecule has 3 aromatic rings. The smallest absolute Gasteiger partial charge is 0.231 e. The summed E-state index contributed by atoms with van der Waals surface area (Å²) in [6.07, 6.45) is 0.193. The molecule has 0 saturated carbocycles. The summed E-state index contributed by atoms with van der Waals surface area (Å²) in [6.45, 7) is 4.05. The fourth-order valence-corrected chi connectivity index (χ4v) is 4.08. The molecule has 0 aliphatic heterocycles. The number of anilines is 2. The predicted octanol–water partition coefficient (Wildman–Crippen LogP) is 4.38. The van der Waals surface area contributed by atoms with Gasteiger partial charge in [0.15, 0.2) is 5.16 Å². The lowest BCUT2D eigenvalue weighted by atomic mass is 10.1. The van der Waals surface area contributed by atoms with Gasteiger partial charge in [0, 0.05) is 29.9 Å². The molecular formula is C21H22ClN5O2S. The molecule has 2 aromatic carbocycles. The van der Waals surface area contributed by atoms with E-state index in [1.165, 1.54) is 18.7 Å². The summed E-state index contributed by atoms with van der Waals surface area (Å²) >= 11 is 7.73. The van der Waals surface area contributed by atoms with Gasteiger partial charge in [-0.15, -0.1) is 10.2 Å². The average molecular weight is 444 g/mol. The van der Waals surface area contributed by atoms with Crippen LogP contribution in [0.15, 0.2) is 53.7 Å². The van der Waals surface area contributed by atoms with Crippen molar-refractivity contribution in [3.05, 3.63) is 64.7 Å². The highest BCUT2D eigenvalue weighted by Gasteiger charge is 2.15. The number of nitrogens with one attached hydrogen (secondary N) is 2. The third-order valence-electron chi connectivity index (χ3n) is 4.24. The molecule has 0 unspecified atom stereocenters. The zero-order chi connectivity index (χ0) is 21.5. The minimum atomic E-state index is -0.188. The Morgan fingerprint density at radius 3 is 2.47 bits per heavy atom. The predicted molar refractivity (Wildman–Crippen MR) is 120 cm³/mol. The molecule has 2 N–H and O–H groups in total. The van der Waals surface area contributed by atoms with E-state index in [1.807, 2.05) is 35.8 Å². The number of nitrogens with zero attached hydrogens (tertiary/aromatic N) is 3. The molecular weight excluding hydrogens is 422 g/mol. The minimum Gasteiger partial charge on any atom is -0.326 e. The Balaban J connectivity index is 1.61. The van der Waals surface area contributed by atoms with Gasteiger partial charge in [0.2, 0.25) is 17.8 Å². The number of hydrogen-bond donors (Lipinski definition) is 2. The molecule has 0 aliphatic carbocycles. The fraction of sp³-hybridized carbons (Fsp3) is 0.238. The second kappa shape index (κ2) is 10.3. The highest BCUT2D eigenvalue weighted by atomic mass is 35.5. The first-order valence-electron chi connectivity index (χ1n) is 9.42. The molecule has 0 fully saturated rings. The maximum atomic E-state index is 12.5. The second-order valence-electron chi connectivity index (χ2n) is 6.53. The molecule has 0 bridgehead atoms. The van der Waals surface area contributed by atoms with Crippen LogP contribution in [-0.4, -0.2) is 26.6 Å². The van der Waals surface area contributed by atoms with Crippen molar-refractivity contribution in [2.75, 3.05) is 10.6 Å². The zero-order valence-electron chi connectivity index (χ0n) is 16.7. The number of benzene rings is 2. The normalized spacial score (nSPS) is 10.6. The number of amides is 2. The van der Waals surface area contributed by atoms with Gasteiger partial charge in [-0.05, 0) is 36.2 Å². The van der Waals surface area contributed by atoms with Crippen LogP contribution < -0.4 is 10.6 Å². The van der Waals surface area contributed by atoms with Crippen LogP contribution in [0, 0.1) is 0 Å². The number of carbonyl (C=O) groups excluding carboxylic acids is 2. The summed E-state index contributed by atoms with van der Waals surface area (Å²) in [7, 11) is 0. The van der Waals surface area contributed by atoms with Crippen LogP contribution >= 0.6 is 23.4 Å². The molecule has 0 aliphatic rings. The molecule has 2 amide bonds. The SMILES string of the molecule is CCn1c(NC(=O)Cc2ccc(NC(C)=O)cc2)nnc1SCc1ccccc1Cl. The van der Waals surface area contributed by atoms with Gasteiger partial charge in [-0.2, -0.15) is 0 Å². The molecule has 0 spiro atoms. The van der Waals surface area contributed by atoms with Crippen molar-refractivity contribution in [1.82, 2.24) is 14.8 Å². The summed E-state index contributed by atoms with van der Waals surface area (Å²) in [5.41, 5.74) is 2.54. The van der Waals surface area contributed by atoms with E-state index >= 15 is 0 Å². The van der Waals surface area contributed by atoms with Gasteiger partial charge in [-0.25, -0.2) is 0 Å². The number of thioether (sulfide) groups is 1. The van der Waals surface area contributed by atoms with Crippen LogP contribution in [-0.2, 0) is 28.3 Å². The average Bonchev–Trinajstić information content (AvgIpc) is 3.09. The Morgan fingerprint density at radius 2 is 1.80 bits per heavy atom. The van der Waals surface area contributed by atoms with Crippen LogP contribution in [0.1, 0.15) is 25.0 Å². The number of aromatic nitrogens is 3. The summed E-state index contributed by atoms with van der Waals surface area (Å²) in [6, 6.07) is 14.8. The molecule has 0 radical (unpaired) electrons. The zero-order valence-corrected chi connectivity index (χ0v) is 18.3. The van der Waals surface area contributed by atoms with Gasteiger partial charge < -0.3 is 5.32 Å².